The Balaban J connectivity index is 0.00000672. The first-order valence-electron chi connectivity index (χ1n) is 26.7. The molecule has 5 nitrogen and oxygen atoms in total. The van der Waals surface area contributed by atoms with Crippen LogP contribution in [0.4, 0.5) is 0 Å². The summed E-state index contributed by atoms with van der Waals surface area (Å²) in [5.41, 5.74) is 10.6. The predicted octanol–water partition coefficient (Wildman–Crippen LogP) is 15.7. The van der Waals surface area contributed by atoms with Gasteiger partial charge in [0.15, 0.2) is 0 Å². The van der Waals surface area contributed by atoms with Gasteiger partial charge in [0.25, 0.3) is 6.33 Å². The molecular weight excluding hydrogens is 1040 g/mol. The number of aromatic nitrogens is 4. The minimum Gasteiger partial charge on any atom is -0.510 e. The summed E-state index contributed by atoms with van der Waals surface area (Å²) >= 11 is 0. The van der Waals surface area contributed by atoms with Crippen LogP contribution in [0.2, 0.25) is 0 Å². The number of benzene rings is 8. The Bertz CT molecular complexity index is 4050. The fourth-order valence-corrected chi connectivity index (χ4v) is 9.19. The normalized spacial score (nSPS) is 13.5. The zero-order valence-electron chi connectivity index (χ0n) is 47.0. The zero-order valence-corrected chi connectivity index (χ0v) is 42.3. The predicted molar refractivity (Wildman–Crippen MR) is 283 cm³/mol. The number of rotatable bonds is 9. The minimum atomic E-state index is -1.67. The Labute approximate surface area is 435 Å². The first-order chi connectivity index (χ1) is 36.2. The molecule has 70 heavy (non-hydrogen) atoms. The number of aryl methyl sites for hydroxylation is 1. The number of para-hydroxylation sites is 4. The third kappa shape index (κ3) is 8.58. The van der Waals surface area contributed by atoms with E-state index in [1.807, 2.05) is 141 Å². The van der Waals surface area contributed by atoms with Gasteiger partial charge in [-0.15, -0.1) is 29.7 Å². The molecule has 0 saturated heterocycles. The summed E-state index contributed by atoms with van der Waals surface area (Å²) in [4.78, 5) is 4.95. The van der Waals surface area contributed by atoms with E-state index in [9.17, 15) is 2.74 Å². The van der Waals surface area contributed by atoms with Crippen LogP contribution in [-0.2, 0) is 38.3 Å². The summed E-state index contributed by atoms with van der Waals surface area (Å²) in [6, 6.07) is 54.6. The van der Waals surface area contributed by atoms with Crippen molar-refractivity contribution in [1.29, 1.82) is 0 Å². The van der Waals surface area contributed by atoms with Gasteiger partial charge in [0.2, 0.25) is 0 Å². The average Bonchev–Trinajstić information content (AvgIpc) is 4.10. The number of fused-ring (bicyclic) bond motifs is 4. The second-order valence-corrected chi connectivity index (χ2v) is 19.4. The Morgan fingerprint density at radius 3 is 2.00 bits per heavy atom. The van der Waals surface area contributed by atoms with Crippen molar-refractivity contribution in [3.05, 3.63) is 223 Å². The van der Waals surface area contributed by atoms with Crippen molar-refractivity contribution < 1.29 is 40.0 Å². The maximum Gasteiger partial charge on any atom is 0.268 e. The summed E-state index contributed by atoms with van der Waals surface area (Å²) in [5.74, 6) is 1.39. The maximum atomic E-state index is 9.22. The third-order valence-electron chi connectivity index (χ3n) is 12.8. The molecule has 6 heteroatoms. The number of imidazole rings is 1. The SMILES string of the molecule is [2H]c1c([2H])c([2H])c(-c2cccc(-c3cc(C(C)(C)C)cc(C(C)(C)C)c3)c2-[n+]2[c-]n(-c3[c-]c(Oc4[c-]c5c(cc4)c4ccccc4n5-c4cc(C([2H])([2H])C)c(-c5ccccc5)cn4)ccc3)c3ccccc32)c([2H])c1[2H].[Pt]. The molecule has 0 spiro atoms. The van der Waals surface area contributed by atoms with Crippen molar-refractivity contribution in [2.24, 2.45) is 0 Å². The van der Waals surface area contributed by atoms with Crippen molar-refractivity contribution in [3.8, 4) is 62.1 Å². The monoisotopic (exact) mass is 1100 g/mol. The second-order valence-electron chi connectivity index (χ2n) is 19.4. The van der Waals surface area contributed by atoms with E-state index in [1.54, 1.807) is 13.1 Å². The molecule has 0 aliphatic carbocycles. The van der Waals surface area contributed by atoms with Crippen LogP contribution in [0.1, 0.15) is 74.8 Å². The molecule has 8 aromatic carbocycles. The molecule has 3 aromatic heterocycles. The van der Waals surface area contributed by atoms with Crippen molar-refractivity contribution in [1.82, 2.24) is 14.1 Å². The first kappa shape index (κ1) is 38.5. The quantitative estimate of drug-likeness (QED) is 0.107. The van der Waals surface area contributed by atoms with Gasteiger partial charge in [-0.2, -0.15) is 18.2 Å². The fraction of sp³-hybridized carbons (Fsp3) is 0.156. The topological polar surface area (TPSA) is 35.9 Å². The van der Waals surface area contributed by atoms with Crippen LogP contribution >= 0.6 is 0 Å². The van der Waals surface area contributed by atoms with E-state index in [0.29, 0.717) is 45.3 Å². The fourth-order valence-electron chi connectivity index (χ4n) is 9.19. The van der Waals surface area contributed by atoms with E-state index in [2.05, 4.69) is 84.3 Å². The molecule has 0 N–H and O–H groups in total. The van der Waals surface area contributed by atoms with Crippen molar-refractivity contribution in [2.45, 2.75) is 65.7 Å². The standard InChI is InChI=1S/C64H54N4O.Pt/c1-8-43-37-61(65-41-56(43)45-23-13-10-14-24-45)68-57-30-16-15-27-54(57)55-34-33-51(40-60(55)68)69-50-26-19-25-49(39-50)66-42-67(59-32-18-17-31-58(59)66)62-52(44-21-11-9-12-22-44)28-20-29-53(62)46-35-47(63(2,3)4)38-48(36-46)64(5,6)7;/h9-38,41H,8H2,1-7H3;/q-2;/i8D2,9D,11D,12D,21D,22D;. The summed E-state index contributed by atoms with van der Waals surface area (Å²) in [6.07, 6.45) is 3.72. The van der Waals surface area contributed by atoms with Crippen LogP contribution in [0, 0.1) is 18.5 Å². The van der Waals surface area contributed by atoms with Gasteiger partial charge in [-0.05, 0) is 84.9 Å². The zero-order chi connectivity index (χ0) is 53.6. The van der Waals surface area contributed by atoms with Gasteiger partial charge in [-0.25, -0.2) is 4.98 Å². The van der Waals surface area contributed by atoms with Crippen LogP contribution < -0.4 is 9.30 Å². The number of hydrogen-bond acceptors (Lipinski definition) is 2. The van der Waals surface area contributed by atoms with Crippen LogP contribution in [0.25, 0.3) is 83.4 Å². The van der Waals surface area contributed by atoms with Gasteiger partial charge < -0.3 is 13.9 Å². The van der Waals surface area contributed by atoms with Crippen LogP contribution in [0.3, 0.4) is 0 Å². The summed E-state index contributed by atoms with van der Waals surface area (Å²) in [5, 5.41) is 1.91. The van der Waals surface area contributed by atoms with Gasteiger partial charge in [-0.1, -0.05) is 193 Å². The smallest absolute Gasteiger partial charge is 0.268 e. The molecule has 11 rings (SSSR count). The van der Waals surface area contributed by atoms with Crippen molar-refractivity contribution in [2.75, 3.05) is 0 Å². The molecule has 0 fully saturated rings. The Morgan fingerprint density at radius 1 is 0.614 bits per heavy atom. The van der Waals surface area contributed by atoms with E-state index in [1.165, 1.54) is 0 Å². The van der Waals surface area contributed by atoms with Crippen LogP contribution in [0.15, 0.2) is 188 Å². The maximum absolute atomic E-state index is 9.22. The van der Waals surface area contributed by atoms with E-state index in [4.69, 9.17) is 16.6 Å². The van der Waals surface area contributed by atoms with Crippen LogP contribution in [0.5, 0.6) is 11.5 Å². The molecule has 0 aliphatic heterocycles. The van der Waals surface area contributed by atoms with Crippen LogP contribution in [-0.4, -0.2) is 14.1 Å². The summed E-state index contributed by atoms with van der Waals surface area (Å²) in [6.45, 7) is 14.7. The van der Waals surface area contributed by atoms with Gasteiger partial charge >= 0.3 is 0 Å². The third-order valence-corrected chi connectivity index (χ3v) is 12.8. The Kier molecular flexibility index (Phi) is 10.2. The van der Waals surface area contributed by atoms with Crippen molar-refractivity contribution in [3.63, 3.8) is 0 Å². The van der Waals surface area contributed by atoms with Gasteiger partial charge in [0.1, 0.15) is 5.82 Å². The molecule has 0 saturated carbocycles. The Morgan fingerprint density at radius 2 is 1.27 bits per heavy atom. The second kappa shape index (κ2) is 18.5. The van der Waals surface area contributed by atoms with E-state index >= 15 is 0 Å². The van der Waals surface area contributed by atoms with Gasteiger partial charge in [-0.3, -0.25) is 4.57 Å². The molecule has 0 atom stereocenters. The van der Waals surface area contributed by atoms with E-state index in [0.717, 1.165) is 60.7 Å². The number of ether oxygens (including phenoxy) is 1. The van der Waals surface area contributed by atoms with E-state index < -0.39 is 24.5 Å². The number of nitrogens with zero attached hydrogens (tertiary/aromatic N) is 4. The Hall–Kier alpha value is -7.33. The molecule has 348 valence electrons. The minimum absolute atomic E-state index is 0. The molecule has 11 aromatic rings. The largest absolute Gasteiger partial charge is 0.510 e. The van der Waals surface area contributed by atoms with E-state index in [-0.39, 0.29) is 49.5 Å². The molecule has 0 unspecified atom stereocenters. The average molecular weight is 1100 g/mol. The number of pyridine rings is 1. The summed E-state index contributed by atoms with van der Waals surface area (Å²) < 4.78 is 74.6. The first-order valence-corrected chi connectivity index (χ1v) is 23.2. The molecular formula is C64H54N4OPt-2. The van der Waals surface area contributed by atoms with Gasteiger partial charge in [0, 0.05) is 52.6 Å². The molecule has 0 aliphatic rings. The summed E-state index contributed by atoms with van der Waals surface area (Å²) in [7, 11) is 0. The molecule has 0 bridgehead atoms. The molecule has 0 amide bonds. The molecule has 0 radical (unpaired) electrons. The molecule has 3 heterocycles. The number of hydrogen-bond donors (Lipinski definition) is 0. The van der Waals surface area contributed by atoms with Gasteiger partial charge in [0.05, 0.1) is 23.6 Å². The van der Waals surface area contributed by atoms with Crippen molar-refractivity contribution >= 4 is 32.8 Å².